The lowest BCUT2D eigenvalue weighted by atomic mass is 9.98. The van der Waals surface area contributed by atoms with E-state index >= 15 is 0 Å². The minimum absolute atomic E-state index is 0.128. The van der Waals surface area contributed by atoms with Gasteiger partial charge in [0.1, 0.15) is 0 Å². The van der Waals surface area contributed by atoms with Crippen molar-refractivity contribution < 1.29 is 4.79 Å². The van der Waals surface area contributed by atoms with Gasteiger partial charge in [-0.25, -0.2) is 0 Å². The number of aryl methyl sites for hydroxylation is 3. The molecule has 114 valence electrons. The van der Waals surface area contributed by atoms with Gasteiger partial charge in [0, 0.05) is 17.8 Å². The Morgan fingerprint density at radius 2 is 2.05 bits per heavy atom. The molecular formula is C20H23NO. The molecule has 1 amide bonds. The summed E-state index contributed by atoms with van der Waals surface area (Å²) < 4.78 is 0. The number of carbonyl (C=O) groups excluding carboxylic acids is 1. The monoisotopic (exact) mass is 293 g/mol. The molecule has 0 spiro atoms. The second-order valence-corrected chi connectivity index (χ2v) is 6.14. The molecule has 0 saturated heterocycles. The van der Waals surface area contributed by atoms with E-state index in [9.17, 15) is 4.79 Å². The van der Waals surface area contributed by atoms with Crippen LogP contribution in [0.15, 0.2) is 42.5 Å². The summed E-state index contributed by atoms with van der Waals surface area (Å²) in [4.78, 5) is 14.9. The molecule has 0 bridgehead atoms. The van der Waals surface area contributed by atoms with E-state index in [0.29, 0.717) is 0 Å². The first-order chi connectivity index (χ1) is 10.7. The standard InChI is InChI=1S/C20H23NO/c1-3-6-16-7-4-8-18(14-16)20(22)21-12-5-9-17-13-15(2)10-11-19(17)21/h4,7-8,10-11,13-14H,3,5-6,9,12H2,1-2H3. The van der Waals surface area contributed by atoms with Gasteiger partial charge in [-0.15, -0.1) is 0 Å². The van der Waals surface area contributed by atoms with Gasteiger partial charge in [0.25, 0.3) is 5.91 Å². The largest absolute Gasteiger partial charge is 0.308 e. The lowest BCUT2D eigenvalue weighted by Gasteiger charge is -2.30. The summed E-state index contributed by atoms with van der Waals surface area (Å²) in [6, 6.07) is 14.5. The van der Waals surface area contributed by atoms with Gasteiger partial charge in [0.05, 0.1) is 0 Å². The van der Waals surface area contributed by atoms with Crippen molar-refractivity contribution in [1.82, 2.24) is 0 Å². The Bertz CT molecular complexity index is 690. The summed E-state index contributed by atoms with van der Waals surface area (Å²) in [6.45, 7) is 5.08. The second kappa shape index (κ2) is 6.35. The highest BCUT2D eigenvalue weighted by Crippen LogP contribution is 2.29. The lowest BCUT2D eigenvalue weighted by Crippen LogP contribution is -2.35. The van der Waals surface area contributed by atoms with Crippen LogP contribution in [0, 0.1) is 6.92 Å². The summed E-state index contributed by atoms with van der Waals surface area (Å²) in [7, 11) is 0. The van der Waals surface area contributed by atoms with E-state index in [1.807, 2.05) is 23.1 Å². The Labute approximate surface area is 132 Å². The Morgan fingerprint density at radius 1 is 1.18 bits per heavy atom. The number of amides is 1. The van der Waals surface area contributed by atoms with Crippen LogP contribution in [0.4, 0.5) is 5.69 Å². The van der Waals surface area contributed by atoms with Crippen molar-refractivity contribution in [2.24, 2.45) is 0 Å². The van der Waals surface area contributed by atoms with Crippen molar-refractivity contribution in [3.8, 4) is 0 Å². The van der Waals surface area contributed by atoms with E-state index in [4.69, 9.17) is 0 Å². The summed E-state index contributed by atoms with van der Waals surface area (Å²) in [5.74, 6) is 0.128. The predicted octanol–water partition coefficient (Wildman–Crippen LogP) is 4.54. The van der Waals surface area contributed by atoms with Crippen LogP contribution >= 0.6 is 0 Å². The van der Waals surface area contributed by atoms with Crippen LogP contribution in [0.25, 0.3) is 0 Å². The quantitative estimate of drug-likeness (QED) is 0.813. The molecule has 1 aliphatic rings. The minimum Gasteiger partial charge on any atom is -0.308 e. The zero-order chi connectivity index (χ0) is 15.5. The fraction of sp³-hybridized carbons (Fsp3) is 0.350. The van der Waals surface area contributed by atoms with E-state index in [1.165, 1.54) is 16.7 Å². The maximum absolute atomic E-state index is 12.9. The summed E-state index contributed by atoms with van der Waals surface area (Å²) >= 11 is 0. The van der Waals surface area contributed by atoms with Crippen LogP contribution in [-0.2, 0) is 12.8 Å². The predicted molar refractivity (Wildman–Crippen MR) is 91.6 cm³/mol. The highest BCUT2D eigenvalue weighted by atomic mass is 16.2. The summed E-state index contributed by atoms with van der Waals surface area (Å²) in [5, 5.41) is 0. The normalized spacial score (nSPS) is 13.8. The zero-order valence-electron chi connectivity index (χ0n) is 13.4. The molecule has 0 aliphatic carbocycles. The average molecular weight is 293 g/mol. The van der Waals surface area contributed by atoms with Crippen molar-refractivity contribution >= 4 is 11.6 Å². The fourth-order valence-corrected chi connectivity index (χ4v) is 3.24. The van der Waals surface area contributed by atoms with Gasteiger partial charge in [0.15, 0.2) is 0 Å². The SMILES string of the molecule is CCCc1cccc(C(=O)N2CCCc3cc(C)ccc32)c1. The topological polar surface area (TPSA) is 20.3 Å². The molecule has 2 aromatic carbocycles. The van der Waals surface area contributed by atoms with Crippen molar-refractivity contribution in [3.05, 3.63) is 64.7 Å². The third-order valence-electron chi connectivity index (χ3n) is 4.31. The van der Waals surface area contributed by atoms with Crippen LogP contribution in [0.5, 0.6) is 0 Å². The van der Waals surface area contributed by atoms with Crippen LogP contribution in [0.1, 0.15) is 46.8 Å². The first-order valence-electron chi connectivity index (χ1n) is 8.19. The van der Waals surface area contributed by atoms with E-state index in [-0.39, 0.29) is 5.91 Å². The van der Waals surface area contributed by atoms with E-state index in [0.717, 1.165) is 43.5 Å². The van der Waals surface area contributed by atoms with Crippen LogP contribution in [-0.4, -0.2) is 12.5 Å². The van der Waals surface area contributed by atoms with Crippen molar-refractivity contribution in [2.75, 3.05) is 11.4 Å². The van der Waals surface area contributed by atoms with Gasteiger partial charge in [-0.05, 0) is 55.5 Å². The van der Waals surface area contributed by atoms with Crippen molar-refractivity contribution in [1.29, 1.82) is 0 Å². The van der Waals surface area contributed by atoms with Crippen LogP contribution < -0.4 is 4.90 Å². The number of hydrogen-bond donors (Lipinski definition) is 0. The number of anilines is 1. The fourth-order valence-electron chi connectivity index (χ4n) is 3.24. The Morgan fingerprint density at radius 3 is 2.86 bits per heavy atom. The van der Waals surface area contributed by atoms with Gasteiger partial charge in [-0.2, -0.15) is 0 Å². The molecule has 0 saturated carbocycles. The number of rotatable bonds is 3. The second-order valence-electron chi connectivity index (χ2n) is 6.14. The van der Waals surface area contributed by atoms with Crippen LogP contribution in [0.3, 0.4) is 0 Å². The molecule has 2 nitrogen and oxygen atoms in total. The molecule has 0 radical (unpaired) electrons. The Hall–Kier alpha value is -2.09. The number of fused-ring (bicyclic) bond motifs is 1. The lowest BCUT2D eigenvalue weighted by molar-refractivity contribution is 0.0985. The third-order valence-corrected chi connectivity index (χ3v) is 4.31. The van der Waals surface area contributed by atoms with E-state index < -0.39 is 0 Å². The highest BCUT2D eigenvalue weighted by molar-refractivity contribution is 6.06. The van der Waals surface area contributed by atoms with Gasteiger partial charge < -0.3 is 4.90 Å². The van der Waals surface area contributed by atoms with Gasteiger partial charge in [-0.3, -0.25) is 4.79 Å². The van der Waals surface area contributed by atoms with E-state index in [2.05, 4.69) is 38.1 Å². The zero-order valence-corrected chi connectivity index (χ0v) is 13.4. The molecule has 0 unspecified atom stereocenters. The molecule has 2 heteroatoms. The average Bonchev–Trinajstić information content (AvgIpc) is 2.54. The number of carbonyl (C=O) groups is 1. The Kier molecular flexibility index (Phi) is 4.28. The van der Waals surface area contributed by atoms with Gasteiger partial charge >= 0.3 is 0 Å². The molecule has 0 atom stereocenters. The molecule has 0 N–H and O–H groups in total. The minimum atomic E-state index is 0.128. The summed E-state index contributed by atoms with van der Waals surface area (Å²) in [6.07, 6.45) is 4.23. The summed E-state index contributed by atoms with van der Waals surface area (Å²) in [5.41, 5.74) is 5.69. The molecule has 1 aliphatic heterocycles. The third kappa shape index (κ3) is 2.92. The first-order valence-corrected chi connectivity index (χ1v) is 8.19. The molecule has 0 aromatic heterocycles. The smallest absolute Gasteiger partial charge is 0.258 e. The maximum Gasteiger partial charge on any atom is 0.258 e. The molecule has 2 aromatic rings. The van der Waals surface area contributed by atoms with Gasteiger partial charge in [-0.1, -0.05) is 43.2 Å². The molecule has 22 heavy (non-hydrogen) atoms. The van der Waals surface area contributed by atoms with Gasteiger partial charge in [0.2, 0.25) is 0 Å². The van der Waals surface area contributed by atoms with Crippen molar-refractivity contribution in [3.63, 3.8) is 0 Å². The highest BCUT2D eigenvalue weighted by Gasteiger charge is 2.23. The first kappa shape index (κ1) is 14.8. The van der Waals surface area contributed by atoms with E-state index in [1.54, 1.807) is 0 Å². The number of hydrogen-bond acceptors (Lipinski definition) is 1. The number of benzene rings is 2. The van der Waals surface area contributed by atoms with Crippen molar-refractivity contribution in [2.45, 2.75) is 39.5 Å². The molecule has 3 rings (SSSR count). The number of nitrogens with zero attached hydrogens (tertiary/aromatic N) is 1. The van der Waals surface area contributed by atoms with Crippen LogP contribution in [0.2, 0.25) is 0 Å². The maximum atomic E-state index is 12.9. The molecule has 1 heterocycles. The Balaban J connectivity index is 1.92. The molecule has 0 fully saturated rings. The molecular weight excluding hydrogens is 270 g/mol.